The molecular weight excluding hydrogens is 196 g/mol. The van der Waals surface area contributed by atoms with E-state index in [1.807, 2.05) is 24.3 Å². The van der Waals surface area contributed by atoms with Gasteiger partial charge < -0.3 is 5.32 Å². The van der Waals surface area contributed by atoms with Crippen LogP contribution in [0.1, 0.15) is 44.4 Å². The Bertz CT molecular complexity index is 348. The molecule has 0 aliphatic heterocycles. The van der Waals surface area contributed by atoms with Crippen LogP contribution < -0.4 is 5.32 Å². The zero-order valence-electron chi connectivity index (χ0n) is 10.3. The molecule has 1 aromatic carbocycles. The van der Waals surface area contributed by atoms with Crippen molar-refractivity contribution >= 4 is 0 Å². The van der Waals surface area contributed by atoms with E-state index in [-0.39, 0.29) is 0 Å². The molecule has 0 spiro atoms. The van der Waals surface area contributed by atoms with E-state index in [1.165, 1.54) is 12.0 Å². The Morgan fingerprint density at radius 2 is 1.88 bits per heavy atom. The highest BCUT2D eigenvalue weighted by Gasteiger charge is 2.06. The van der Waals surface area contributed by atoms with E-state index >= 15 is 0 Å². The van der Waals surface area contributed by atoms with Crippen molar-refractivity contribution in [2.45, 2.75) is 33.2 Å². The molecule has 2 unspecified atom stereocenters. The number of rotatable bonds is 5. The minimum Gasteiger partial charge on any atom is -0.310 e. The lowest BCUT2D eigenvalue weighted by molar-refractivity contribution is 0.461. The van der Waals surface area contributed by atoms with Gasteiger partial charge in [0.05, 0.1) is 11.6 Å². The molecule has 2 heteroatoms. The van der Waals surface area contributed by atoms with Crippen LogP contribution in [-0.4, -0.2) is 6.54 Å². The summed E-state index contributed by atoms with van der Waals surface area (Å²) in [7, 11) is 0. The molecule has 0 bridgehead atoms. The molecule has 0 amide bonds. The van der Waals surface area contributed by atoms with E-state index in [4.69, 9.17) is 5.26 Å². The lowest BCUT2D eigenvalue weighted by atomic mass is 10.0. The SMILES string of the molecule is CCC(C)CNC(C)c1ccc(C#N)cc1. The average Bonchev–Trinajstić information content (AvgIpc) is 2.35. The van der Waals surface area contributed by atoms with Gasteiger partial charge >= 0.3 is 0 Å². The molecule has 1 aromatic rings. The van der Waals surface area contributed by atoms with Crippen molar-refractivity contribution in [3.8, 4) is 6.07 Å². The van der Waals surface area contributed by atoms with Crippen LogP contribution in [0.5, 0.6) is 0 Å². The van der Waals surface area contributed by atoms with E-state index in [9.17, 15) is 0 Å². The van der Waals surface area contributed by atoms with E-state index in [2.05, 4.69) is 32.2 Å². The molecule has 0 saturated heterocycles. The van der Waals surface area contributed by atoms with Gasteiger partial charge in [-0.05, 0) is 37.1 Å². The van der Waals surface area contributed by atoms with Crippen LogP contribution in [0.3, 0.4) is 0 Å². The normalized spacial score (nSPS) is 14.1. The molecule has 0 radical (unpaired) electrons. The Labute approximate surface area is 98.3 Å². The summed E-state index contributed by atoms with van der Waals surface area (Å²) >= 11 is 0. The smallest absolute Gasteiger partial charge is 0.0991 e. The van der Waals surface area contributed by atoms with Crippen LogP contribution in [0, 0.1) is 17.2 Å². The molecule has 2 nitrogen and oxygen atoms in total. The van der Waals surface area contributed by atoms with Crippen LogP contribution in [0.25, 0.3) is 0 Å². The Hall–Kier alpha value is -1.33. The lowest BCUT2D eigenvalue weighted by Crippen LogP contribution is -2.24. The lowest BCUT2D eigenvalue weighted by Gasteiger charge is -2.17. The van der Waals surface area contributed by atoms with Crippen molar-refractivity contribution in [1.29, 1.82) is 5.26 Å². The van der Waals surface area contributed by atoms with Crippen LogP contribution in [0.2, 0.25) is 0 Å². The number of hydrogen-bond acceptors (Lipinski definition) is 2. The monoisotopic (exact) mass is 216 g/mol. The first-order valence-corrected chi connectivity index (χ1v) is 5.90. The van der Waals surface area contributed by atoms with Crippen molar-refractivity contribution in [3.05, 3.63) is 35.4 Å². The number of nitrogens with one attached hydrogen (secondary N) is 1. The molecule has 0 fully saturated rings. The van der Waals surface area contributed by atoms with Crippen LogP contribution in [0.15, 0.2) is 24.3 Å². The third kappa shape index (κ3) is 3.67. The zero-order valence-corrected chi connectivity index (χ0v) is 10.3. The first-order valence-electron chi connectivity index (χ1n) is 5.90. The van der Waals surface area contributed by atoms with Gasteiger partial charge in [-0.2, -0.15) is 5.26 Å². The molecule has 1 rings (SSSR count). The maximum Gasteiger partial charge on any atom is 0.0991 e. The highest BCUT2D eigenvalue weighted by atomic mass is 14.9. The van der Waals surface area contributed by atoms with Crippen LogP contribution >= 0.6 is 0 Å². The summed E-state index contributed by atoms with van der Waals surface area (Å²) < 4.78 is 0. The summed E-state index contributed by atoms with van der Waals surface area (Å²) in [6.45, 7) is 7.65. The zero-order chi connectivity index (χ0) is 12.0. The first kappa shape index (κ1) is 12.7. The van der Waals surface area contributed by atoms with Crippen molar-refractivity contribution in [1.82, 2.24) is 5.32 Å². The fourth-order valence-electron chi connectivity index (χ4n) is 1.49. The second-order valence-electron chi connectivity index (χ2n) is 4.38. The average molecular weight is 216 g/mol. The minimum absolute atomic E-state index is 0.349. The van der Waals surface area contributed by atoms with E-state index < -0.39 is 0 Å². The van der Waals surface area contributed by atoms with Gasteiger partial charge in [0, 0.05) is 6.04 Å². The fourth-order valence-corrected chi connectivity index (χ4v) is 1.49. The van der Waals surface area contributed by atoms with Gasteiger partial charge in [-0.25, -0.2) is 0 Å². The highest BCUT2D eigenvalue weighted by molar-refractivity contribution is 5.32. The maximum absolute atomic E-state index is 8.71. The molecule has 0 aromatic heterocycles. The van der Waals surface area contributed by atoms with Crippen LogP contribution in [0.4, 0.5) is 0 Å². The number of nitrogens with zero attached hydrogens (tertiary/aromatic N) is 1. The van der Waals surface area contributed by atoms with E-state index in [1.54, 1.807) is 0 Å². The van der Waals surface area contributed by atoms with Crippen LogP contribution in [-0.2, 0) is 0 Å². The van der Waals surface area contributed by atoms with Gasteiger partial charge in [0.25, 0.3) is 0 Å². The van der Waals surface area contributed by atoms with Crippen molar-refractivity contribution in [2.75, 3.05) is 6.54 Å². The summed E-state index contributed by atoms with van der Waals surface area (Å²) in [5.41, 5.74) is 1.96. The van der Waals surface area contributed by atoms with Crippen molar-refractivity contribution in [3.63, 3.8) is 0 Å². The Morgan fingerprint density at radius 3 is 2.38 bits per heavy atom. The molecular formula is C14H20N2. The predicted octanol–water partition coefficient (Wildman–Crippen LogP) is 3.25. The largest absolute Gasteiger partial charge is 0.310 e. The first-order chi connectivity index (χ1) is 7.67. The summed E-state index contributed by atoms with van der Waals surface area (Å²) in [6.07, 6.45) is 1.20. The molecule has 86 valence electrons. The summed E-state index contributed by atoms with van der Waals surface area (Å²) in [6, 6.07) is 10.3. The Kier molecular flexibility index (Phi) is 5.01. The quantitative estimate of drug-likeness (QED) is 0.820. The molecule has 2 atom stereocenters. The van der Waals surface area contributed by atoms with Gasteiger partial charge in [0.1, 0.15) is 0 Å². The van der Waals surface area contributed by atoms with E-state index in [0.717, 1.165) is 12.1 Å². The second-order valence-corrected chi connectivity index (χ2v) is 4.38. The highest BCUT2D eigenvalue weighted by Crippen LogP contribution is 2.13. The van der Waals surface area contributed by atoms with Gasteiger partial charge in [0.15, 0.2) is 0 Å². The van der Waals surface area contributed by atoms with Crippen molar-refractivity contribution < 1.29 is 0 Å². The third-order valence-electron chi connectivity index (χ3n) is 3.01. The molecule has 0 saturated carbocycles. The summed E-state index contributed by atoms with van der Waals surface area (Å²) in [5.74, 6) is 0.709. The number of benzene rings is 1. The predicted molar refractivity (Wildman–Crippen MR) is 67.0 cm³/mol. The second kappa shape index (κ2) is 6.30. The van der Waals surface area contributed by atoms with Gasteiger partial charge in [-0.1, -0.05) is 32.4 Å². The standard InChI is InChI=1S/C14H20N2/c1-4-11(2)10-16-12(3)14-7-5-13(9-15)6-8-14/h5-8,11-12,16H,4,10H2,1-3H3. The van der Waals surface area contributed by atoms with Gasteiger partial charge in [-0.3, -0.25) is 0 Å². The Morgan fingerprint density at radius 1 is 1.25 bits per heavy atom. The molecule has 1 N–H and O–H groups in total. The fraction of sp³-hybridized carbons (Fsp3) is 0.500. The molecule has 0 aliphatic rings. The molecule has 16 heavy (non-hydrogen) atoms. The summed E-state index contributed by atoms with van der Waals surface area (Å²) in [4.78, 5) is 0. The van der Waals surface area contributed by atoms with Gasteiger partial charge in [-0.15, -0.1) is 0 Å². The summed E-state index contributed by atoms with van der Waals surface area (Å²) in [5, 5.41) is 12.2. The number of hydrogen-bond donors (Lipinski definition) is 1. The molecule has 0 heterocycles. The molecule has 0 aliphatic carbocycles. The number of nitriles is 1. The third-order valence-corrected chi connectivity index (χ3v) is 3.01. The Balaban J connectivity index is 2.53. The van der Waals surface area contributed by atoms with Crippen molar-refractivity contribution in [2.24, 2.45) is 5.92 Å². The minimum atomic E-state index is 0.349. The van der Waals surface area contributed by atoms with Gasteiger partial charge in [0.2, 0.25) is 0 Å². The van der Waals surface area contributed by atoms with E-state index in [0.29, 0.717) is 12.0 Å². The topological polar surface area (TPSA) is 35.8 Å². The maximum atomic E-state index is 8.71.